The molecule has 0 saturated carbocycles. The van der Waals surface area contributed by atoms with E-state index in [1.165, 1.54) is 12.1 Å². The van der Waals surface area contributed by atoms with Crippen LogP contribution in [0.4, 0.5) is 0 Å². The average molecular weight is 336 g/mol. The van der Waals surface area contributed by atoms with Crippen LogP contribution in [0, 0.1) is 0 Å². The maximum atomic E-state index is 12.3. The van der Waals surface area contributed by atoms with Gasteiger partial charge in [0.2, 0.25) is 0 Å². The summed E-state index contributed by atoms with van der Waals surface area (Å²) in [7, 11) is 0. The van der Waals surface area contributed by atoms with Crippen LogP contribution in [0.25, 0.3) is 10.8 Å². The first-order valence-corrected chi connectivity index (χ1v) is 7.72. The molecule has 6 nitrogen and oxygen atoms in total. The fraction of sp³-hybridized carbons (Fsp3) is 0.105. The Labute approximate surface area is 144 Å². The standard InChI is InChI=1S/C19H16N2O4/c22-18(17-3-1-2-14-12-20-9-8-16(14)17)21-10-11-25-15-6-4-13(5-7-15)19(23)24/h1-9,12H,10-11H2,(H,21,22)(H,23,24). The van der Waals surface area contributed by atoms with Gasteiger partial charge < -0.3 is 15.2 Å². The van der Waals surface area contributed by atoms with Crippen LogP contribution in [0.5, 0.6) is 5.75 Å². The molecule has 3 rings (SSSR count). The van der Waals surface area contributed by atoms with Gasteiger partial charge in [-0.1, -0.05) is 12.1 Å². The van der Waals surface area contributed by atoms with Crippen molar-refractivity contribution in [3.8, 4) is 5.75 Å². The number of nitrogens with zero attached hydrogens (tertiary/aromatic N) is 1. The van der Waals surface area contributed by atoms with Gasteiger partial charge in [0.1, 0.15) is 12.4 Å². The zero-order chi connectivity index (χ0) is 17.6. The first kappa shape index (κ1) is 16.4. The molecule has 0 aliphatic heterocycles. The molecule has 0 spiro atoms. The molecule has 0 aliphatic carbocycles. The van der Waals surface area contributed by atoms with Gasteiger partial charge in [-0.25, -0.2) is 4.79 Å². The van der Waals surface area contributed by atoms with Gasteiger partial charge in [0.15, 0.2) is 0 Å². The molecule has 1 heterocycles. The molecule has 1 aromatic heterocycles. The number of rotatable bonds is 6. The van der Waals surface area contributed by atoms with E-state index in [0.717, 1.165) is 10.8 Å². The van der Waals surface area contributed by atoms with Crippen molar-refractivity contribution in [3.05, 3.63) is 72.1 Å². The lowest BCUT2D eigenvalue weighted by molar-refractivity contribution is 0.0696. The topological polar surface area (TPSA) is 88.5 Å². The average Bonchev–Trinajstić information content (AvgIpc) is 2.65. The molecule has 1 amide bonds. The number of carbonyl (C=O) groups is 2. The predicted molar refractivity (Wildman–Crippen MR) is 93.0 cm³/mol. The fourth-order valence-corrected chi connectivity index (χ4v) is 2.44. The molecule has 126 valence electrons. The van der Waals surface area contributed by atoms with Crippen molar-refractivity contribution in [1.82, 2.24) is 10.3 Å². The highest BCUT2D eigenvalue weighted by atomic mass is 16.5. The van der Waals surface area contributed by atoms with Crippen LogP contribution >= 0.6 is 0 Å². The summed E-state index contributed by atoms with van der Waals surface area (Å²) in [4.78, 5) is 27.2. The molecule has 2 N–H and O–H groups in total. The zero-order valence-electron chi connectivity index (χ0n) is 13.3. The largest absolute Gasteiger partial charge is 0.492 e. The van der Waals surface area contributed by atoms with Crippen LogP contribution in [0.15, 0.2) is 60.9 Å². The summed E-state index contributed by atoms with van der Waals surface area (Å²) in [5, 5.41) is 13.4. The van der Waals surface area contributed by atoms with Gasteiger partial charge in [0.25, 0.3) is 5.91 Å². The highest BCUT2D eigenvalue weighted by Crippen LogP contribution is 2.17. The molecule has 0 aliphatic rings. The number of fused-ring (bicyclic) bond motifs is 1. The molecule has 0 saturated heterocycles. The van der Waals surface area contributed by atoms with Crippen molar-refractivity contribution in [2.45, 2.75) is 0 Å². The van der Waals surface area contributed by atoms with Gasteiger partial charge in [-0.05, 0) is 41.8 Å². The van der Waals surface area contributed by atoms with Crippen LogP contribution in [-0.4, -0.2) is 35.1 Å². The van der Waals surface area contributed by atoms with E-state index in [1.54, 1.807) is 30.6 Å². The minimum atomic E-state index is -0.982. The van der Waals surface area contributed by atoms with E-state index in [-0.39, 0.29) is 18.1 Å². The van der Waals surface area contributed by atoms with Crippen LogP contribution in [-0.2, 0) is 0 Å². The second kappa shape index (κ2) is 7.44. The van der Waals surface area contributed by atoms with Crippen molar-refractivity contribution >= 4 is 22.6 Å². The summed E-state index contributed by atoms with van der Waals surface area (Å²) in [6.07, 6.45) is 3.37. The van der Waals surface area contributed by atoms with Crippen molar-refractivity contribution in [1.29, 1.82) is 0 Å². The summed E-state index contributed by atoms with van der Waals surface area (Å²) in [6, 6.07) is 13.4. The molecule has 2 aromatic carbocycles. The van der Waals surface area contributed by atoms with E-state index in [0.29, 0.717) is 17.9 Å². The Bertz CT molecular complexity index is 901. The van der Waals surface area contributed by atoms with E-state index < -0.39 is 5.97 Å². The van der Waals surface area contributed by atoms with Crippen LogP contribution in [0.1, 0.15) is 20.7 Å². The molecule has 6 heteroatoms. The number of hydrogen-bond donors (Lipinski definition) is 2. The van der Waals surface area contributed by atoms with Gasteiger partial charge in [-0.2, -0.15) is 0 Å². The number of aromatic carboxylic acids is 1. The van der Waals surface area contributed by atoms with Gasteiger partial charge >= 0.3 is 5.97 Å². The number of carboxylic acid groups (broad SMARTS) is 1. The number of carboxylic acids is 1. The highest BCUT2D eigenvalue weighted by molar-refractivity contribution is 6.06. The number of hydrogen-bond acceptors (Lipinski definition) is 4. The van der Waals surface area contributed by atoms with Crippen LogP contribution in [0.2, 0.25) is 0 Å². The first-order valence-electron chi connectivity index (χ1n) is 7.72. The lowest BCUT2D eigenvalue weighted by Crippen LogP contribution is -2.28. The molecule has 0 atom stereocenters. The third-order valence-corrected chi connectivity index (χ3v) is 3.68. The summed E-state index contributed by atoms with van der Waals surface area (Å²) in [5.74, 6) is -0.610. The van der Waals surface area contributed by atoms with Crippen LogP contribution in [0.3, 0.4) is 0 Å². The fourth-order valence-electron chi connectivity index (χ4n) is 2.44. The van der Waals surface area contributed by atoms with Crippen molar-refractivity contribution in [2.24, 2.45) is 0 Å². The molecule has 0 fully saturated rings. The monoisotopic (exact) mass is 336 g/mol. The number of aromatic nitrogens is 1. The Balaban J connectivity index is 1.55. The normalized spacial score (nSPS) is 10.4. The van der Waals surface area contributed by atoms with Gasteiger partial charge in [-0.3, -0.25) is 9.78 Å². The van der Waals surface area contributed by atoms with Crippen molar-refractivity contribution in [3.63, 3.8) is 0 Å². The maximum Gasteiger partial charge on any atom is 0.335 e. The van der Waals surface area contributed by atoms with Gasteiger partial charge in [-0.15, -0.1) is 0 Å². The molecule has 0 unspecified atom stereocenters. The quantitative estimate of drug-likeness (QED) is 0.676. The Kier molecular flexibility index (Phi) is 4.89. The third kappa shape index (κ3) is 3.92. The maximum absolute atomic E-state index is 12.3. The zero-order valence-corrected chi connectivity index (χ0v) is 13.3. The Hall–Kier alpha value is -3.41. The third-order valence-electron chi connectivity index (χ3n) is 3.68. The Morgan fingerprint density at radius 2 is 1.88 bits per heavy atom. The van der Waals surface area contributed by atoms with Gasteiger partial charge in [0, 0.05) is 23.3 Å². The number of pyridine rings is 1. The number of carbonyl (C=O) groups excluding carboxylic acids is 1. The lowest BCUT2D eigenvalue weighted by atomic mass is 10.1. The number of nitrogens with one attached hydrogen (secondary N) is 1. The number of ether oxygens (including phenoxy) is 1. The smallest absolute Gasteiger partial charge is 0.335 e. The molecule has 3 aromatic rings. The van der Waals surface area contributed by atoms with E-state index in [1.807, 2.05) is 18.2 Å². The summed E-state index contributed by atoms with van der Waals surface area (Å²) in [6.45, 7) is 0.617. The van der Waals surface area contributed by atoms with E-state index in [4.69, 9.17) is 9.84 Å². The molecular weight excluding hydrogens is 320 g/mol. The van der Waals surface area contributed by atoms with Crippen molar-refractivity contribution in [2.75, 3.05) is 13.2 Å². The lowest BCUT2D eigenvalue weighted by Gasteiger charge is -2.09. The second-order valence-corrected chi connectivity index (χ2v) is 5.34. The highest BCUT2D eigenvalue weighted by Gasteiger charge is 2.09. The Morgan fingerprint density at radius 1 is 1.08 bits per heavy atom. The second-order valence-electron chi connectivity index (χ2n) is 5.34. The van der Waals surface area contributed by atoms with Gasteiger partial charge in [0.05, 0.1) is 12.1 Å². The van der Waals surface area contributed by atoms with E-state index in [2.05, 4.69) is 10.3 Å². The summed E-state index contributed by atoms with van der Waals surface area (Å²) >= 11 is 0. The minimum Gasteiger partial charge on any atom is -0.492 e. The molecular formula is C19H16N2O4. The van der Waals surface area contributed by atoms with E-state index >= 15 is 0 Å². The Morgan fingerprint density at radius 3 is 2.64 bits per heavy atom. The number of amides is 1. The first-order chi connectivity index (χ1) is 12.1. The minimum absolute atomic E-state index is 0.179. The van der Waals surface area contributed by atoms with Crippen molar-refractivity contribution < 1.29 is 19.4 Å². The number of benzene rings is 2. The van der Waals surface area contributed by atoms with Crippen LogP contribution < -0.4 is 10.1 Å². The molecule has 0 radical (unpaired) electrons. The molecule has 25 heavy (non-hydrogen) atoms. The molecule has 0 bridgehead atoms. The van der Waals surface area contributed by atoms with E-state index in [9.17, 15) is 9.59 Å². The summed E-state index contributed by atoms with van der Waals surface area (Å²) < 4.78 is 5.50. The summed E-state index contributed by atoms with van der Waals surface area (Å²) in [5.41, 5.74) is 0.789. The SMILES string of the molecule is O=C(O)c1ccc(OCCNC(=O)c2cccc3cnccc23)cc1. The predicted octanol–water partition coefficient (Wildman–Crippen LogP) is 2.74.